The Morgan fingerprint density at radius 2 is 1.79 bits per heavy atom. The highest BCUT2D eigenvalue weighted by molar-refractivity contribution is 7.93. The van der Waals surface area contributed by atoms with Crippen LogP contribution in [0, 0.1) is 5.82 Å². The van der Waals surface area contributed by atoms with Crippen molar-refractivity contribution in [2.45, 2.75) is 43.8 Å². The first kappa shape index (κ1) is 29.9. The second-order valence-corrected chi connectivity index (χ2v) is 12.0. The van der Waals surface area contributed by atoms with Crippen molar-refractivity contribution in [3.8, 4) is 17.2 Å². The first-order valence-corrected chi connectivity index (χ1v) is 15.0. The number of anilines is 2. The number of sulfonamides is 1. The summed E-state index contributed by atoms with van der Waals surface area (Å²) in [4.78, 5) is 9.78. The molecular formula is C26H34FN7O7S. The summed E-state index contributed by atoms with van der Waals surface area (Å²) in [5, 5.41) is 7.55. The molecule has 2 aliphatic heterocycles. The summed E-state index contributed by atoms with van der Waals surface area (Å²) < 4.78 is 74.4. The third-order valence-electron chi connectivity index (χ3n) is 6.82. The van der Waals surface area contributed by atoms with Gasteiger partial charge in [-0.2, -0.15) is 0 Å². The van der Waals surface area contributed by atoms with E-state index in [1.165, 1.54) is 18.8 Å². The molecule has 0 bridgehead atoms. The summed E-state index contributed by atoms with van der Waals surface area (Å²) in [6.07, 6.45) is 1.05. The van der Waals surface area contributed by atoms with Gasteiger partial charge in [-0.15, -0.1) is 10.2 Å². The van der Waals surface area contributed by atoms with E-state index in [4.69, 9.17) is 23.7 Å². The van der Waals surface area contributed by atoms with Gasteiger partial charge >= 0.3 is 0 Å². The van der Waals surface area contributed by atoms with Gasteiger partial charge in [-0.25, -0.2) is 22.8 Å². The molecule has 0 saturated carbocycles. The molecule has 1 aromatic carbocycles. The molecule has 3 aromatic rings. The minimum absolute atomic E-state index is 0.0392. The van der Waals surface area contributed by atoms with Gasteiger partial charge in [0.1, 0.15) is 28.5 Å². The fourth-order valence-corrected chi connectivity index (χ4v) is 6.44. The Bertz CT molecular complexity index is 1440. The third-order valence-corrected chi connectivity index (χ3v) is 8.50. The zero-order chi connectivity index (χ0) is 29.9. The van der Waals surface area contributed by atoms with E-state index in [1.54, 1.807) is 23.1 Å². The predicted octanol–water partition coefficient (Wildman–Crippen LogP) is 2.12. The number of piperidine rings is 1. The molecule has 0 amide bonds. The highest BCUT2D eigenvalue weighted by Gasteiger charge is 2.39. The normalized spacial score (nSPS) is 21.4. The van der Waals surface area contributed by atoms with E-state index in [-0.39, 0.29) is 37.6 Å². The number of aromatic nitrogens is 5. The Kier molecular flexibility index (Phi) is 9.05. The van der Waals surface area contributed by atoms with Crippen LogP contribution < -0.4 is 19.1 Å². The molecule has 0 radical (unpaired) electrons. The van der Waals surface area contributed by atoms with Gasteiger partial charge in [-0.05, 0) is 32.4 Å². The first-order valence-electron chi connectivity index (χ1n) is 13.5. The Morgan fingerprint density at radius 3 is 2.40 bits per heavy atom. The van der Waals surface area contributed by atoms with E-state index in [1.807, 2.05) is 13.8 Å². The minimum Gasteiger partial charge on any atom is -0.494 e. The average molecular weight is 608 g/mol. The number of nitrogens with one attached hydrogen (secondary N) is 1. The smallest absolute Gasteiger partial charge is 0.243 e. The van der Waals surface area contributed by atoms with Crippen LogP contribution in [-0.4, -0.2) is 97.7 Å². The van der Waals surface area contributed by atoms with Crippen molar-refractivity contribution in [2.24, 2.45) is 0 Å². The molecule has 2 aliphatic rings. The van der Waals surface area contributed by atoms with Crippen LogP contribution in [0.1, 0.15) is 32.2 Å². The van der Waals surface area contributed by atoms with E-state index >= 15 is 0 Å². The lowest BCUT2D eigenvalue weighted by atomic mass is 10.1. The number of hydrogen-bond acceptors (Lipinski definition) is 12. The summed E-state index contributed by atoms with van der Waals surface area (Å²) >= 11 is 0. The van der Waals surface area contributed by atoms with E-state index < -0.39 is 33.3 Å². The molecular weight excluding hydrogens is 573 g/mol. The topological polar surface area (TPSA) is 152 Å². The fraction of sp³-hybridized carbons (Fsp3) is 0.538. The number of hydrogen-bond donors (Lipinski definition) is 1. The zero-order valence-electron chi connectivity index (χ0n) is 23.8. The lowest BCUT2D eigenvalue weighted by Gasteiger charge is -2.37. The second-order valence-electron chi connectivity index (χ2n) is 10.1. The Labute approximate surface area is 243 Å². The molecule has 0 spiro atoms. The SMILES string of the molecule is COc1cccc(OC)c1-n1c(NS(=O)(=O)[C@H]2C[C@@H](OC(C)C)CN(c3ncc(F)cn3)C2)nnc1[C@H]1COCCO1. The number of para-hydroxylation sites is 1. The first-order chi connectivity index (χ1) is 20.2. The van der Waals surface area contributed by atoms with E-state index in [0.29, 0.717) is 42.8 Å². The standard InChI is InChI=1S/C26H34FN7O7S/c1-16(2)41-18-10-19(14-33(13-18)25-28-11-17(27)12-29-25)42(35,36)32-26-31-30-24(22-15-39-8-9-40-22)34(26)23-20(37-3)6-5-7-21(23)38-4/h5-7,11-12,16,18-19,22H,8-10,13-15H2,1-4H3,(H,31,32)/t18-,19+,22-/m1/s1. The molecule has 1 N–H and O–H groups in total. The van der Waals surface area contributed by atoms with Crippen molar-refractivity contribution in [3.63, 3.8) is 0 Å². The van der Waals surface area contributed by atoms with Crippen LogP contribution in [0.3, 0.4) is 0 Å². The minimum atomic E-state index is -4.12. The highest BCUT2D eigenvalue weighted by atomic mass is 32.2. The number of methoxy groups -OCH3 is 2. The van der Waals surface area contributed by atoms with Crippen molar-refractivity contribution >= 4 is 21.9 Å². The van der Waals surface area contributed by atoms with Gasteiger partial charge < -0.3 is 28.6 Å². The maximum absolute atomic E-state index is 14.0. The molecule has 0 aliphatic carbocycles. The quantitative estimate of drug-likeness (QED) is 0.359. The molecule has 0 unspecified atom stereocenters. The van der Waals surface area contributed by atoms with E-state index in [9.17, 15) is 12.8 Å². The van der Waals surface area contributed by atoms with Crippen LogP contribution in [0.4, 0.5) is 16.3 Å². The van der Waals surface area contributed by atoms with Crippen LogP contribution in [0.5, 0.6) is 11.5 Å². The number of nitrogens with zero attached hydrogens (tertiary/aromatic N) is 6. The van der Waals surface area contributed by atoms with Gasteiger partial charge in [-0.3, -0.25) is 9.29 Å². The molecule has 16 heteroatoms. The molecule has 5 rings (SSSR count). The molecule has 4 heterocycles. The van der Waals surface area contributed by atoms with Crippen LogP contribution >= 0.6 is 0 Å². The van der Waals surface area contributed by atoms with E-state index in [2.05, 4.69) is 24.9 Å². The van der Waals surface area contributed by atoms with Crippen LogP contribution in [-0.2, 0) is 24.2 Å². The number of rotatable bonds is 10. The zero-order valence-corrected chi connectivity index (χ0v) is 24.6. The third kappa shape index (κ3) is 6.40. The summed E-state index contributed by atoms with van der Waals surface area (Å²) in [5.41, 5.74) is 0.389. The monoisotopic (exact) mass is 607 g/mol. The van der Waals surface area contributed by atoms with Crippen molar-refractivity contribution in [2.75, 3.05) is 56.8 Å². The van der Waals surface area contributed by atoms with Gasteiger partial charge in [0.05, 0.1) is 58.6 Å². The van der Waals surface area contributed by atoms with Crippen LogP contribution in [0.25, 0.3) is 5.69 Å². The van der Waals surface area contributed by atoms with Gasteiger partial charge in [0, 0.05) is 13.1 Å². The predicted molar refractivity (Wildman–Crippen MR) is 149 cm³/mol. The maximum atomic E-state index is 14.0. The van der Waals surface area contributed by atoms with Crippen LogP contribution in [0.2, 0.25) is 0 Å². The van der Waals surface area contributed by atoms with Crippen molar-refractivity contribution in [1.29, 1.82) is 0 Å². The van der Waals surface area contributed by atoms with Gasteiger partial charge in [0.15, 0.2) is 11.6 Å². The molecule has 2 aromatic heterocycles. The Hall–Kier alpha value is -3.60. The number of ether oxygens (including phenoxy) is 5. The molecule has 3 atom stereocenters. The summed E-state index contributed by atoms with van der Waals surface area (Å²) in [5.74, 6) is 0.628. The molecule has 228 valence electrons. The summed E-state index contributed by atoms with van der Waals surface area (Å²) in [6, 6.07) is 5.18. The van der Waals surface area contributed by atoms with Crippen molar-refractivity contribution in [1.82, 2.24) is 24.7 Å². The molecule has 14 nitrogen and oxygen atoms in total. The second kappa shape index (κ2) is 12.7. The maximum Gasteiger partial charge on any atom is 0.243 e. The highest BCUT2D eigenvalue weighted by Crippen LogP contribution is 2.38. The summed E-state index contributed by atoms with van der Waals surface area (Å²) in [7, 11) is -1.13. The number of halogens is 1. The Balaban J connectivity index is 1.53. The molecule has 2 fully saturated rings. The van der Waals surface area contributed by atoms with Gasteiger partial charge in [-0.1, -0.05) is 6.07 Å². The number of benzene rings is 1. The average Bonchev–Trinajstić information content (AvgIpc) is 3.39. The Morgan fingerprint density at radius 1 is 1.07 bits per heavy atom. The van der Waals surface area contributed by atoms with Gasteiger partial charge in [0.2, 0.25) is 21.9 Å². The lowest BCUT2D eigenvalue weighted by Crippen LogP contribution is -2.51. The molecule has 42 heavy (non-hydrogen) atoms. The van der Waals surface area contributed by atoms with Crippen molar-refractivity contribution < 1.29 is 36.5 Å². The molecule has 2 saturated heterocycles. The van der Waals surface area contributed by atoms with Crippen molar-refractivity contribution in [3.05, 3.63) is 42.2 Å². The van der Waals surface area contributed by atoms with Crippen LogP contribution in [0.15, 0.2) is 30.6 Å². The summed E-state index contributed by atoms with van der Waals surface area (Å²) in [6.45, 7) is 5.09. The lowest BCUT2D eigenvalue weighted by molar-refractivity contribution is -0.0941. The van der Waals surface area contributed by atoms with E-state index in [0.717, 1.165) is 12.4 Å². The van der Waals surface area contributed by atoms with Gasteiger partial charge in [0.25, 0.3) is 0 Å². The fourth-order valence-electron chi connectivity index (χ4n) is 5.04. The largest absolute Gasteiger partial charge is 0.494 e.